The van der Waals surface area contributed by atoms with Gasteiger partial charge in [0.05, 0.1) is 0 Å². The largest absolute Gasteiger partial charge is 0.179 e. The highest BCUT2D eigenvalue weighted by Gasteiger charge is 2.77. The highest BCUT2D eigenvalue weighted by molar-refractivity contribution is 9.42. The first-order valence-electron chi connectivity index (χ1n) is 5.52. The van der Waals surface area contributed by atoms with Gasteiger partial charge in [0.1, 0.15) is 19.4 Å². The second-order valence-electron chi connectivity index (χ2n) is 4.72. The average Bonchev–Trinajstić information content (AvgIpc) is 2.44. The molecule has 0 bridgehead atoms. The summed E-state index contributed by atoms with van der Waals surface area (Å²) in [5.74, 6) is 0. The molecule has 0 aromatic rings. The summed E-state index contributed by atoms with van der Waals surface area (Å²) >= 11 is 70.2. The molecule has 0 spiro atoms. The maximum absolute atomic E-state index is 3.83. The van der Waals surface area contributed by atoms with Gasteiger partial charge in [0, 0.05) is 32.3 Å². The molecule has 0 saturated carbocycles. The predicted molar refractivity (Wildman–Crippen MR) is 193 cm³/mol. The smallest absolute Gasteiger partial charge is 0.148 e. The average molecular weight is 1630 g/mol. The Morgan fingerprint density at radius 1 is 0.321 bits per heavy atom. The SMILES string of the molecule is BrN(Br)C(Br)(Br)C(Br)(Br)C(Br)(Br)C(Br)(Br)C(Br)(Br)C(Br)(Br)C(Br)(Br)C(Br)(Br)Br. The van der Waals surface area contributed by atoms with E-state index in [4.69, 9.17) is 0 Å². The Morgan fingerprint density at radius 3 is 0.750 bits per heavy atom. The van der Waals surface area contributed by atoms with E-state index in [1.807, 2.05) is 0 Å². The van der Waals surface area contributed by atoms with Gasteiger partial charge in [-0.2, -0.15) is 0 Å². The van der Waals surface area contributed by atoms with Crippen molar-refractivity contribution >= 4 is 303 Å². The van der Waals surface area contributed by atoms with Crippen LogP contribution in [-0.2, 0) is 0 Å². The summed E-state index contributed by atoms with van der Waals surface area (Å²) < 4.78 is -5.95. The lowest BCUT2D eigenvalue weighted by atomic mass is 10.1. The van der Waals surface area contributed by atoms with Crippen LogP contribution < -0.4 is 0 Å². The lowest BCUT2D eigenvalue weighted by molar-refractivity contribution is 0.539. The summed E-state index contributed by atoms with van der Waals surface area (Å²) in [6.45, 7) is 0. The van der Waals surface area contributed by atoms with Crippen LogP contribution in [0.4, 0.5) is 0 Å². The molecule has 28 heavy (non-hydrogen) atoms. The molecule has 0 aromatic carbocycles. The van der Waals surface area contributed by atoms with E-state index in [1.165, 1.54) is 0 Å². The second kappa shape index (κ2) is 12.3. The molecule has 0 aliphatic heterocycles. The Bertz CT molecular complexity index is 569. The summed E-state index contributed by atoms with van der Waals surface area (Å²) in [5, 5.41) is 0. The highest BCUT2D eigenvalue weighted by Crippen LogP contribution is 2.78. The number of alkyl halides is 17. The Morgan fingerprint density at radius 2 is 0.536 bits per heavy atom. The molecule has 0 aromatic heterocycles. The first-order chi connectivity index (χ1) is 11.7. The molecule has 0 aliphatic carbocycles. The van der Waals surface area contributed by atoms with E-state index in [9.17, 15) is 0 Å². The van der Waals surface area contributed by atoms with Crippen LogP contribution in [0, 0.1) is 0 Å². The molecule has 0 radical (unpaired) electrons. The standard InChI is InChI=1S/C8Br19N/c9-1(10,3(13,14)5(17,18)7(21,22)23)2(11,12)4(15,16)6(19,20)8(24,25)28(26)27. The van der Waals surface area contributed by atoms with Gasteiger partial charge in [-0.25, -0.2) is 0 Å². The van der Waals surface area contributed by atoms with Crippen molar-refractivity contribution in [2.75, 3.05) is 0 Å². The first-order valence-corrected chi connectivity index (χ1v) is 20.4. The Balaban J connectivity index is 6.72. The molecule has 0 rings (SSSR count). The summed E-state index contributed by atoms with van der Waals surface area (Å²) in [6, 6.07) is 0. The number of rotatable bonds is 7. The van der Waals surface area contributed by atoms with Gasteiger partial charge in [-0.15, -0.1) is 2.95 Å². The minimum absolute atomic E-state index is 0.784. The summed E-state index contributed by atoms with van der Waals surface area (Å²) in [7, 11) is 0. The Kier molecular flexibility index (Phi) is 16.3. The van der Waals surface area contributed by atoms with E-state index in [0.717, 1.165) is 0 Å². The molecule has 0 heterocycles. The Hall–Kier alpha value is 9.08. The van der Waals surface area contributed by atoms with E-state index in [1.54, 1.807) is 2.95 Å². The fourth-order valence-corrected chi connectivity index (χ4v) is 17.4. The fraction of sp³-hybridized carbons (Fsp3) is 1.00. The summed E-state index contributed by atoms with van der Waals surface area (Å²) in [4.78, 5) is 0. The summed E-state index contributed by atoms with van der Waals surface area (Å²) in [5.41, 5.74) is 0. The van der Waals surface area contributed by atoms with Crippen LogP contribution in [0.1, 0.15) is 0 Å². The number of halogens is 19. The molecule has 0 amide bonds. The lowest BCUT2D eigenvalue weighted by Gasteiger charge is -2.57. The molecule has 170 valence electrons. The van der Waals surface area contributed by atoms with Gasteiger partial charge in [0.25, 0.3) is 0 Å². The van der Waals surface area contributed by atoms with Crippen molar-refractivity contribution in [1.82, 2.24) is 2.95 Å². The van der Waals surface area contributed by atoms with Crippen molar-refractivity contribution in [2.24, 2.45) is 0 Å². The molecule has 0 saturated heterocycles. The minimum Gasteiger partial charge on any atom is -0.148 e. The van der Waals surface area contributed by atoms with Crippen molar-refractivity contribution in [3.05, 3.63) is 0 Å². The van der Waals surface area contributed by atoms with E-state index in [2.05, 4.69) is 303 Å². The fourth-order valence-electron chi connectivity index (χ4n) is 1.26. The number of hydrogen-bond acceptors (Lipinski definition) is 1. The number of nitrogens with zero attached hydrogens (tertiary/aromatic N) is 1. The van der Waals surface area contributed by atoms with Crippen LogP contribution in [0.5, 0.6) is 0 Å². The van der Waals surface area contributed by atoms with E-state index < -0.39 is 24.9 Å². The van der Waals surface area contributed by atoms with E-state index in [-0.39, 0.29) is 0 Å². The minimum atomic E-state index is -1.02. The van der Waals surface area contributed by atoms with Crippen LogP contribution in [0.3, 0.4) is 0 Å². The molecule has 20 heteroatoms. The van der Waals surface area contributed by atoms with Crippen LogP contribution in [-0.4, -0.2) is 27.9 Å². The van der Waals surface area contributed by atoms with Gasteiger partial charge in [0.15, 0.2) is 5.50 Å². The van der Waals surface area contributed by atoms with E-state index >= 15 is 0 Å². The molecule has 0 aliphatic rings. The zero-order valence-electron chi connectivity index (χ0n) is 11.6. The van der Waals surface area contributed by atoms with Crippen molar-refractivity contribution < 1.29 is 0 Å². The van der Waals surface area contributed by atoms with E-state index in [0.29, 0.717) is 0 Å². The molecule has 0 N–H and O–H groups in total. The molecule has 0 unspecified atom stereocenters. The van der Waals surface area contributed by atoms with Crippen LogP contribution in [0.2, 0.25) is 0 Å². The highest BCUT2D eigenvalue weighted by atomic mass is 80.0. The summed E-state index contributed by atoms with van der Waals surface area (Å²) in [6.07, 6.45) is 0. The zero-order valence-corrected chi connectivity index (χ0v) is 41.8. The third kappa shape index (κ3) is 6.68. The van der Waals surface area contributed by atoms with Gasteiger partial charge < -0.3 is 0 Å². The normalized spacial score (nSPS) is 16.7. The predicted octanol–water partition coefficient (Wildman–Crippen LogP) is 14.1. The molecule has 0 fully saturated rings. The quantitative estimate of drug-likeness (QED) is 0.140. The maximum Gasteiger partial charge on any atom is 0.179 e. The molecule has 1 nitrogen and oxygen atoms in total. The third-order valence-corrected chi connectivity index (χ3v) is 39.8. The second-order valence-corrected chi connectivity index (χ2v) is 37.9. The molecular formula is C8Br19N. The third-order valence-electron chi connectivity index (χ3n) is 2.92. The van der Waals surface area contributed by atoms with Crippen LogP contribution in [0.25, 0.3) is 0 Å². The topological polar surface area (TPSA) is 3.24 Å². The molecule has 0 atom stereocenters. The van der Waals surface area contributed by atoms with Gasteiger partial charge in [-0.1, -0.05) is 271 Å². The van der Waals surface area contributed by atoms with Crippen molar-refractivity contribution in [3.8, 4) is 0 Å². The van der Waals surface area contributed by atoms with Crippen LogP contribution in [0.15, 0.2) is 0 Å². The van der Waals surface area contributed by atoms with Crippen molar-refractivity contribution in [3.63, 3.8) is 0 Å². The first kappa shape index (κ1) is 37.1. The van der Waals surface area contributed by atoms with Crippen molar-refractivity contribution in [2.45, 2.75) is 24.9 Å². The Labute approximate surface area is 323 Å². The maximum atomic E-state index is 3.83. The zero-order chi connectivity index (χ0) is 23.6. The number of hydrogen-bond donors (Lipinski definition) is 0. The molecular weight excluding hydrogens is 1630 g/mol. The van der Waals surface area contributed by atoms with Crippen molar-refractivity contribution in [1.29, 1.82) is 0 Å². The van der Waals surface area contributed by atoms with Gasteiger partial charge in [0.2, 0.25) is 0 Å². The van der Waals surface area contributed by atoms with Gasteiger partial charge >= 0.3 is 0 Å². The van der Waals surface area contributed by atoms with Gasteiger partial charge in [-0.3, -0.25) is 0 Å². The van der Waals surface area contributed by atoms with Crippen LogP contribution >= 0.6 is 303 Å². The van der Waals surface area contributed by atoms with Gasteiger partial charge in [-0.05, 0) is 0 Å². The monoisotopic (exact) mass is 1610 g/mol. The lowest BCUT2D eigenvalue weighted by Crippen LogP contribution is -2.68.